The fraction of sp³-hybridized carbons (Fsp3) is 1.00. The first-order valence-corrected chi connectivity index (χ1v) is 4.93. The lowest BCUT2D eigenvalue weighted by Crippen LogP contribution is -2.26. The van der Waals surface area contributed by atoms with E-state index >= 15 is 0 Å². The lowest BCUT2D eigenvalue weighted by molar-refractivity contribution is -0.0431. The van der Waals surface area contributed by atoms with Crippen LogP contribution in [0.3, 0.4) is 0 Å². The molecule has 0 unspecified atom stereocenters. The third kappa shape index (κ3) is 4.04. The van der Waals surface area contributed by atoms with Crippen LogP contribution in [-0.2, 0) is 4.84 Å². The van der Waals surface area contributed by atoms with E-state index in [0.717, 1.165) is 13.0 Å². The van der Waals surface area contributed by atoms with E-state index in [1.165, 1.54) is 32.1 Å². The summed E-state index contributed by atoms with van der Waals surface area (Å²) in [6.07, 6.45) is 7.51. The van der Waals surface area contributed by atoms with E-state index in [4.69, 9.17) is 9.94 Å². The molecule has 0 saturated heterocycles. The van der Waals surface area contributed by atoms with Gasteiger partial charge < -0.3 is 5.11 Å². The summed E-state index contributed by atoms with van der Waals surface area (Å²) in [6, 6.07) is 0. The molecule has 0 amide bonds. The van der Waals surface area contributed by atoms with Crippen molar-refractivity contribution in [1.29, 1.82) is 0 Å². The highest BCUT2D eigenvalue weighted by Gasteiger charge is 2.13. The van der Waals surface area contributed by atoms with Gasteiger partial charge in [0.1, 0.15) is 0 Å². The number of hydroxylamine groups is 1. The van der Waals surface area contributed by atoms with Crippen molar-refractivity contribution in [2.45, 2.75) is 44.6 Å². The van der Waals surface area contributed by atoms with Gasteiger partial charge in [0.2, 0.25) is 0 Å². The van der Waals surface area contributed by atoms with Gasteiger partial charge in [0.05, 0.1) is 6.10 Å². The lowest BCUT2D eigenvalue weighted by atomic mass is 9.98. The topological polar surface area (TPSA) is 41.5 Å². The van der Waals surface area contributed by atoms with Crippen LogP contribution in [-0.4, -0.2) is 24.4 Å². The summed E-state index contributed by atoms with van der Waals surface area (Å²) in [7, 11) is 0. The second-order valence-electron chi connectivity index (χ2n) is 3.35. The van der Waals surface area contributed by atoms with Crippen LogP contribution in [0.2, 0.25) is 0 Å². The van der Waals surface area contributed by atoms with Crippen LogP contribution >= 0.6 is 0 Å². The minimum absolute atomic E-state index is 0.237. The third-order valence-corrected chi connectivity index (χ3v) is 2.24. The highest BCUT2D eigenvalue weighted by Crippen LogP contribution is 2.19. The van der Waals surface area contributed by atoms with Gasteiger partial charge in [0.15, 0.2) is 0 Å². The fourth-order valence-corrected chi connectivity index (χ4v) is 1.51. The number of hydrogen-bond donors (Lipinski definition) is 2. The molecule has 72 valence electrons. The minimum atomic E-state index is 0.237. The van der Waals surface area contributed by atoms with Crippen molar-refractivity contribution < 1.29 is 9.94 Å². The smallest absolute Gasteiger partial charge is 0.0790 e. The normalized spacial score (nSPS) is 19.8. The molecule has 0 spiro atoms. The highest BCUT2D eigenvalue weighted by molar-refractivity contribution is 4.63. The van der Waals surface area contributed by atoms with Crippen LogP contribution in [0.15, 0.2) is 0 Å². The van der Waals surface area contributed by atoms with Crippen LogP contribution in [0.1, 0.15) is 38.5 Å². The molecule has 1 rings (SSSR count). The zero-order chi connectivity index (χ0) is 8.65. The summed E-state index contributed by atoms with van der Waals surface area (Å²) < 4.78 is 0. The van der Waals surface area contributed by atoms with Crippen molar-refractivity contribution in [2.24, 2.45) is 0 Å². The maximum absolute atomic E-state index is 8.51. The van der Waals surface area contributed by atoms with Gasteiger partial charge in [0, 0.05) is 13.2 Å². The lowest BCUT2D eigenvalue weighted by Gasteiger charge is -2.21. The molecule has 12 heavy (non-hydrogen) atoms. The molecule has 0 aliphatic heterocycles. The van der Waals surface area contributed by atoms with Gasteiger partial charge in [-0.05, 0) is 19.3 Å². The first-order valence-electron chi connectivity index (χ1n) is 4.93. The molecule has 0 heterocycles. The van der Waals surface area contributed by atoms with E-state index in [-0.39, 0.29) is 6.61 Å². The Bertz CT molecular complexity index is 103. The SMILES string of the molecule is OCCCNOC1CCCCC1. The predicted octanol–water partition coefficient (Wildman–Crippen LogP) is 1.22. The van der Waals surface area contributed by atoms with Gasteiger partial charge in [-0.2, -0.15) is 0 Å². The van der Waals surface area contributed by atoms with E-state index in [2.05, 4.69) is 5.48 Å². The molecule has 1 aliphatic rings. The second-order valence-corrected chi connectivity index (χ2v) is 3.35. The quantitative estimate of drug-likeness (QED) is 0.485. The summed E-state index contributed by atoms with van der Waals surface area (Å²) in [5.41, 5.74) is 2.90. The first kappa shape index (κ1) is 9.96. The van der Waals surface area contributed by atoms with Crippen LogP contribution in [0, 0.1) is 0 Å². The molecule has 1 fully saturated rings. The Morgan fingerprint density at radius 1 is 1.25 bits per heavy atom. The summed E-state index contributed by atoms with van der Waals surface area (Å²) in [4.78, 5) is 5.42. The first-order chi connectivity index (χ1) is 5.93. The molecule has 2 N–H and O–H groups in total. The molecule has 0 aromatic rings. The summed E-state index contributed by atoms with van der Waals surface area (Å²) in [5, 5.41) is 8.51. The number of nitrogens with one attached hydrogen (secondary N) is 1. The maximum Gasteiger partial charge on any atom is 0.0790 e. The van der Waals surface area contributed by atoms with Gasteiger partial charge in [-0.25, -0.2) is 5.48 Å². The Morgan fingerprint density at radius 2 is 2.00 bits per heavy atom. The van der Waals surface area contributed by atoms with Crippen molar-refractivity contribution in [3.8, 4) is 0 Å². The molecular weight excluding hydrogens is 154 g/mol. The Balaban J connectivity index is 1.91. The second kappa shape index (κ2) is 6.40. The molecule has 1 aliphatic carbocycles. The van der Waals surface area contributed by atoms with Crippen molar-refractivity contribution in [3.63, 3.8) is 0 Å². The number of rotatable bonds is 5. The predicted molar refractivity (Wildman–Crippen MR) is 47.7 cm³/mol. The number of aliphatic hydroxyl groups is 1. The molecule has 0 aromatic carbocycles. The molecule has 1 saturated carbocycles. The largest absolute Gasteiger partial charge is 0.396 e. The molecule has 0 atom stereocenters. The Kier molecular flexibility index (Phi) is 5.32. The zero-order valence-corrected chi connectivity index (χ0v) is 7.59. The molecule has 0 aromatic heterocycles. The van der Waals surface area contributed by atoms with Crippen LogP contribution in [0.4, 0.5) is 0 Å². The van der Waals surface area contributed by atoms with E-state index in [9.17, 15) is 0 Å². The summed E-state index contributed by atoms with van der Waals surface area (Å²) >= 11 is 0. The van der Waals surface area contributed by atoms with E-state index < -0.39 is 0 Å². The monoisotopic (exact) mass is 173 g/mol. The molecule has 3 heteroatoms. The van der Waals surface area contributed by atoms with Crippen molar-refractivity contribution in [3.05, 3.63) is 0 Å². The molecular formula is C9H19NO2. The average Bonchev–Trinajstić information content (AvgIpc) is 2.14. The standard InChI is InChI=1S/C9H19NO2/c11-8-4-7-10-12-9-5-2-1-3-6-9/h9-11H,1-8H2. The van der Waals surface area contributed by atoms with Gasteiger partial charge in [0.25, 0.3) is 0 Å². The zero-order valence-electron chi connectivity index (χ0n) is 7.59. The molecule has 0 radical (unpaired) electrons. The average molecular weight is 173 g/mol. The van der Waals surface area contributed by atoms with Crippen molar-refractivity contribution in [1.82, 2.24) is 5.48 Å². The minimum Gasteiger partial charge on any atom is -0.396 e. The van der Waals surface area contributed by atoms with Gasteiger partial charge in [-0.1, -0.05) is 19.3 Å². The van der Waals surface area contributed by atoms with E-state index in [0.29, 0.717) is 6.10 Å². The summed E-state index contributed by atoms with van der Waals surface area (Å²) in [6.45, 7) is 0.994. The molecule has 0 bridgehead atoms. The molecule has 3 nitrogen and oxygen atoms in total. The Labute approximate surface area is 74.1 Å². The van der Waals surface area contributed by atoms with Gasteiger partial charge in [-0.3, -0.25) is 4.84 Å². The van der Waals surface area contributed by atoms with E-state index in [1.807, 2.05) is 0 Å². The fourth-order valence-electron chi connectivity index (χ4n) is 1.51. The third-order valence-electron chi connectivity index (χ3n) is 2.24. The number of aliphatic hydroxyl groups excluding tert-OH is 1. The van der Waals surface area contributed by atoms with Gasteiger partial charge in [-0.15, -0.1) is 0 Å². The van der Waals surface area contributed by atoms with Crippen LogP contribution < -0.4 is 5.48 Å². The van der Waals surface area contributed by atoms with Crippen LogP contribution in [0.25, 0.3) is 0 Å². The van der Waals surface area contributed by atoms with Crippen molar-refractivity contribution in [2.75, 3.05) is 13.2 Å². The Morgan fingerprint density at radius 3 is 2.67 bits per heavy atom. The summed E-state index contributed by atoms with van der Waals surface area (Å²) in [5.74, 6) is 0. The van der Waals surface area contributed by atoms with Crippen LogP contribution in [0.5, 0.6) is 0 Å². The van der Waals surface area contributed by atoms with Crippen molar-refractivity contribution >= 4 is 0 Å². The maximum atomic E-state index is 8.51. The van der Waals surface area contributed by atoms with Gasteiger partial charge >= 0.3 is 0 Å². The number of hydrogen-bond acceptors (Lipinski definition) is 3. The highest BCUT2D eigenvalue weighted by atomic mass is 16.7. The Hall–Kier alpha value is -0.120. The van der Waals surface area contributed by atoms with E-state index in [1.54, 1.807) is 0 Å².